The van der Waals surface area contributed by atoms with E-state index >= 15 is 0 Å². The lowest BCUT2D eigenvalue weighted by molar-refractivity contribution is -0.141. The second-order valence-electron chi connectivity index (χ2n) is 4.84. The zero-order chi connectivity index (χ0) is 15.2. The molecule has 110 valence electrons. The van der Waals surface area contributed by atoms with E-state index in [2.05, 4.69) is 31.7 Å². The first-order valence-corrected chi connectivity index (χ1v) is 7.33. The summed E-state index contributed by atoms with van der Waals surface area (Å²) in [6.45, 7) is 0.962. The Morgan fingerprint density at radius 1 is 1.29 bits per heavy atom. The number of nitrogens with zero attached hydrogens (tertiary/aromatic N) is 2. The van der Waals surface area contributed by atoms with Crippen LogP contribution in [0.3, 0.4) is 0 Å². The van der Waals surface area contributed by atoms with Crippen molar-refractivity contribution in [3.8, 4) is 11.1 Å². The Kier molecular flexibility index (Phi) is 5.47. The summed E-state index contributed by atoms with van der Waals surface area (Å²) >= 11 is 3.43. The summed E-state index contributed by atoms with van der Waals surface area (Å²) in [5.41, 5.74) is 3.30. The number of pyridine rings is 1. The van der Waals surface area contributed by atoms with Crippen molar-refractivity contribution in [3.05, 3.63) is 52.8 Å². The van der Waals surface area contributed by atoms with Crippen molar-refractivity contribution in [2.45, 2.75) is 6.54 Å². The van der Waals surface area contributed by atoms with Crippen LogP contribution in [0.5, 0.6) is 0 Å². The largest absolute Gasteiger partial charge is 0.468 e. The molecule has 2 aromatic rings. The summed E-state index contributed by atoms with van der Waals surface area (Å²) in [5, 5.41) is 0. The summed E-state index contributed by atoms with van der Waals surface area (Å²) in [5.74, 6) is -0.232. The molecule has 0 radical (unpaired) electrons. The normalized spacial score (nSPS) is 10.7. The Hall–Kier alpha value is -1.72. The molecule has 0 unspecified atom stereocenters. The maximum absolute atomic E-state index is 11.3. The van der Waals surface area contributed by atoms with Crippen LogP contribution in [-0.2, 0) is 16.1 Å². The average molecular weight is 349 g/mol. The molecule has 0 amide bonds. The summed E-state index contributed by atoms with van der Waals surface area (Å²) in [6, 6.07) is 10.2. The fourth-order valence-corrected chi connectivity index (χ4v) is 2.44. The molecule has 0 saturated heterocycles. The van der Waals surface area contributed by atoms with Crippen LogP contribution in [0.15, 0.2) is 47.2 Å². The molecule has 0 fully saturated rings. The smallest absolute Gasteiger partial charge is 0.319 e. The highest BCUT2D eigenvalue weighted by molar-refractivity contribution is 9.10. The second-order valence-corrected chi connectivity index (χ2v) is 5.76. The van der Waals surface area contributed by atoms with Crippen LogP contribution in [0.1, 0.15) is 5.56 Å². The van der Waals surface area contributed by atoms with E-state index in [4.69, 9.17) is 0 Å². The van der Waals surface area contributed by atoms with Crippen LogP contribution >= 0.6 is 15.9 Å². The highest BCUT2D eigenvalue weighted by Gasteiger charge is 2.07. The van der Waals surface area contributed by atoms with Crippen molar-refractivity contribution in [1.29, 1.82) is 0 Å². The van der Waals surface area contributed by atoms with Gasteiger partial charge in [-0.1, -0.05) is 18.2 Å². The molecule has 2 rings (SSSR count). The molecule has 0 aliphatic heterocycles. The zero-order valence-electron chi connectivity index (χ0n) is 12.0. The second kappa shape index (κ2) is 7.33. The highest BCUT2D eigenvalue weighted by atomic mass is 79.9. The standard InChI is InChI=1S/C16H17BrN2O2/c1-19(11-16(20)21-2)10-12-4-3-5-13(6-12)14-7-15(17)9-18-8-14/h3-9H,10-11H2,1-2H3. The number of hydrogen-bond acceptors (Lipinski definition) is 4. The van der Waals surface area contributed by atoms with Gasteiger partial charge in [-0.3, -0.25) is 14.7 Å². The Bertz CT molecular complexity index is 631. The van der Waals surface area contributed by atoms with Crippen molar-refractivity contribution in [2.24, 2.45) is 0 Å². The molecule has 1 aromatic carbocycles. The van der Waals surface area contributed by atoms with Gasteiger partial charge in [0.05, 0.1) is 13.7 Å². The number of hydrogen-bond donors (Lipinski definition) is 0. The van der Waals surface area contributed by atoms with Crippen LogP contribution < -0.4 is 0 Å². The van der Waals surface area contributed by atoms with Crippen molar-refractivity contribution in [2.75, 3.05) is 20.7 Å². The number of rotatable bonds is 5. The lowest BCUT2D eigenvalue weighted by Crippen LogP contribution is -2.26. The molecule has 0 saturated carbocycles. The van der Waals surface area contributed by atoms with E-state index in [0.717, 1.165) is 21.2 Å². The molecule has 0 aliphatic rings. The fraction of sp³-hybridized carbons (Fsp3) is 0.250. The first-order valence-electron chi connectivity index (χ1n) is 6.53. The lowest BCUT2D eigenvalue weighted by atomic mass is 10.0. The molecule has 1 aromatic heterocycles. The van der Waals surface area contributed by atoms with Crippen molar-refractivity contribution in [3.63, 3.8) is 0 Å². The Balaban J connectivity index is 2.13. The number of carbonyl (C=O) groups is 1. The molecule has 21 heavy (non-hydrogen) atoms. The molecule has 4 nitrogen and oxygen atoms in total. The number of halogens is 1. The fourth-order valence-electron chi connectivity index (χ4n) is 2.07. The molecule has 0 atom stereocenters. The van der Waals surface area contributed by atoms with E-state index in [1.54, 1.807) is 6.20 Å². The van der Waals surface area contributed by atoms with Gasteiger partial charge in [-0.25, -0.2) is 0 Å². The molecule has 0 bridgehead atoms. The van der Waals surface area contributed by atoms with E-state index in [0.29, 0.717) is 6.54 Å². The number of esters is 1. The quantitative estimate of drug-likeness (QED) is 0.778. The van der Waals surface area contributed by atoms with Crippen molar-refractivity contribution in [1.82, 2.24) is 9.88 Å². The minimum atomic E-state index is -0.232. The summed E-state index contributed by atoms with van der Waals surface area (Å²) in [6.07, 6.45) is 3.60. The number of aromatic nitrogens is 1. The van der Waals surface area contributed by atoms with E-state index in [1.807, 2.05) is 42.4 Å². The van der Waals surface area contributed by atoms with E-state index in [-0.39, 0.29) is 12.5 Å². The summed E-state index contributed by atoms with van der Waals surface area (Å²) in [4.78, 5) is 17.4. The predicted octanol–water partition coefficient (Wildman–Crippen LogP) is 3.12. The third kappa shape index (κ3) is 4.65. The number of benzene rings is 1. The average Bonchev–Trinajstić information content (AvgIpc) is 2.47. The van der Waals surface area contributed by atoms with Gasteiger partial charge in [0.25, 0.3) is 0 Å². The van der Waals surface area contributed by atoms with E-state index < -0.39 is 0 Å². The first kappa shape index (κ1) is 15.7. The zero-order valence-corrected chi connectivity index (χ0v) is 13.6. The molecule has 5 heteroatoms. The van der Waals surface area contributed by atoms with E-state index in [9.17, 15) is 4.79 Å². The molecule has 1 heterocycles. The van der Waals surface area contributed by atoms with Gasteiger partial charge in [-0.15, -0.1) is 0 Å². The van der Waals surface area contributed by atoms with Gasteiger partial charge in [0.15, 0.2) is 0 Å². The van der Waals surface area contributed by atoms with Gasteiger partial charge in [-0.2, -0.15) is 0 Å². The van der Waals surface area contributed by atoms with Crippen LogP contribution in [0.25, 0.3) is 11.1 Å². The summed E-state index contributed by atoms with van der Waals surface area (Å²) < 4.78 is 5.62. The Morgan fingerprint density at radius 2 is 2.10 bits per heavy atom. The number of carbonyl (C=O) groups excluding carboxylic acids is 1. The highest BCUT2D eigenvalue weighted by Crippen LogP contribution is 2.23. The number of methoxy groups -OCH3 is 1. The van der Waals surface area contributed by atoms with Gasteiger partial charge in [0, 0.05) is 29.0 Å². The molecule has 0 spiro atoms. The molecule has 0 aliphatic carbocycles. The predicted molar refractivity (Wildman–Crippen MR) is 85.7 cm³/mol. The Labute approximate surface area is 132 Å². The van der Waals surface area contributed by atoms with Crippen LogP contribution in [0.2, 0.25) is 0 Å². The minimum Gasteiger partial charge on any atom is -0.468 e. The van der Waals surface area contributed by atoms with Gasteiger partial charge in [0.1, 0.15) is 0 Å². The SMILES string of the molecule is COC(=O)CN(C)Cc1cccc(-c2cncc(Br)c2)c1. The minimum absolute atomic E-state index is 0.232. The number of likely N-dealkylation sites (N-methyl/N-ethyl adjacent to an activating group) is 1. The Morgan fingerprint density at radius 3 is 2.81 bits per heavy atom. The van der Waals surface area contributed by atoms with Crippen LogP contribution in [0, 0.1) is 0 Å². The topological polar surface area (TPSA) is 42.4 Å². The maximum Gasteiger partial charge on any atom is 0.319 e. The third-order valence-electron chi connectivity index (χ3n) is 3.04. The van der Waals surface area contributed by atoms with Gasteiger partial charge < -0.3 is 4.74 Å². The summed E-state index contributed by atoms with van der Waals surface area (Å²) in [7, 11) is 3.29. The monoisotopic (exact) mass is 348 g/mol. The van der Waals surface area contributed by atoms with Gasteiger partial charge >= 0.3 is 5.97 Å². The molecule has 0 N–H and O–H groups in total. The lowest BCUT2D eigenvalue weighted by Gasteiger charge is -2.15. The van der Waals surface area contributed by atoms with E-state index in [1.165, 1.54) is 7.11 Å². The van der Waals surface area contributed by atoms with Crippen molar-refractivity contribution < 1.29 is 9.53 Å². The van der Waals surface area contributed by atoms with Crippen LogP contribution in [-0.4, -0.2) is 36.6 Å². The van der Waals surface area contributed by atoms with Gasteiger partial charge in [-0.05, 0) is 46.2 Å². The van der Waals surface area contributed by atoms with Crippen molar-refractivity contribution >= 4 is 21.9 Å². The third-order valence-corrected chi connectivity index (χ3v) is 3.48. The maximum atomic E-state index is 11.3. The van der Waals surface area contributed by atoms with Gasteiger partial charge in [0.2, 0.25) is 0 Å². The first-order chi connectivity index (χ1) is 10.1. The molecular weight excluding hydrogens is 332 g/mol. The number of ether oxygens (including phenoxy) is 1. The van der Waals surface area contributed by atoms with Crippen LogP contribution in [0.4, 0.5) is 0 Å². The molecular formula is C16H17BrN2O2.